The highest BCUT2D eigenvalue weighted by Gasteiger charge is 2.54. The van der Waals surface area contributed by atoms with Gasteiger partial charge in [-0.3, -0.25) is 15.1 Å². The van der Waals surface area contributed by atoms with Gasteiger partial charge in [0.25, 0.3) is 0 Å². The summed E-state index contributed by atoms with van der Waals surface area (Å²) in [6.07, 6.45) is 5.14. The van der Waals surface area contributed by atoms with Gasteiger partial charge in [0, 0.05) is 22.1 Å². The van der Waals surface area contributed by atoms with Crippen LogP contribution in [0.4, 0.5) is 5.95 Å². The number of nitrogens with one attached hydrogen (secondary N) is 3. The molecule has 206 valence electrons. The van der Waals surface area contributed by atoms with Gasteiger partial charge in [-0.25, -0.2) is 9.97 Å². The zero-order valence-corrected chi connectivity index (χ0v) is 22.8. The number of hydrogen-bond donors (Lipinski definition) is 3. The second-order valence-electron chi connectivity index (χ2n) is 11.7. The standard InChI is InChI=1S/C32H30N6O3/c1-19-5-4-8-23(33-19)27-26(20-9-10-24-25(17-20)41-18-40-24)36-28(37-27)31-11-14-32(15-12-31,16-13-31)29(39)38-30-34-21-6-2-3-7-22(21)35-30/h2-10,17H,11-16,18H2,1H3,(H,36,37)(H2,34,35,38,39). The molecule has 9 rings (SSSR count). The van der Waals surface area contributed by atoms with E-state index in [9.17, 15) is 4.79 Å². The minimum absolute atomic E-state index is 0.0648. The van der Waals surface area contributed by atoms with Gasteiger partial charge < -0.3 is 19.4 Å². The molecule has 4 aliphatic rings. The number of ether oxygens (including phenoxy) is 2. The molecule has 9 nitrogen and oxygen atoms in total. The fourth-order valence-electron chi connectivity index (χ4n) is 6.88. The van der Waals surface area contributed by atoms with E-state index in [1.807, 2.05) is 67.6 Å². The number of carbonyl (C=O) groups is 1. The Balaban J connectivity index is 1.10. The lowest BCUT2D eigenvalue weighted by atomic mass is 9.53. The second kappa shape index (κ2) is 8.92. The molecule has 4 heterocycles. The SMILES string of the molecule is Cc1cccc(-c2[nH]c(C34CCC(C(=O)Nc5nc6ccccc6[nH]5)(CC3)CC4)nc2-c2ccc3c(c2)OCO3)n1. The molecule has 3 aliphatic carbocycles. The molecular formula is C32H30N6O3. The molecule has 0 unspecified atom stereocenters. The maximum absolute atomic E-state index is 13.6. The number of nitrogens with zero attached hydrogens (tertiary/aromatic N) is 3. The van der Waals surface area contributed by atoms with Crippen molar-refractivity contribution in [2.24, 2.45) is 5.41 Å². The molecule has 2 aromatic carbocycles. The van der Waals surface area contributed by atoms with Crippen molar-refractivity contribution in [3.8, 4) is 34.1 Å². The molecule has 2 bridgehead atoms. The Bertz CT molecular complexity index is 1760. The molecule has 3 saturated carbocycles. The number of anilines is 1. The predicted octanol–water partition coefficient (Wildman–Crippen LogP) is 6.28. The van der Waals surface area contributed by atoms with Crippen molar-refractivity contribution >= 4 is 22.9 Å². The molecule has 3 fully saturated rings. The number of aryl methyl sites for hydroxylation is 1. The summed E-state index contributed by atoms with van der Waals surface area (Å²) in [6.45, 7) is 2.23. The number of hydrogen-bond acceptors (Lipinski definition) is 6. The molecule has 0 spiro atoms. The van der Waals surface area contributed by atoms with Crippen molar-refractivity contribution in [2.75, 3.05) is 12.1 Å². The first-order valence-electron chi connectivity index (χ1n) is 14.2. The van der Waals surface area contributed by atoms with Gasteiger partial charge in [-0.05, 0) is 87.9 Å². The fourth-order valence-corrected chi connectivity index (χ4v) is 6.88. The minimum atomic E-state index is -0.381. The number of benzene rings is 2. The number of para-hydroxylation sites is 2. The highest BCUT2D eigenvalue weighted by molar-refractivity contribution is 5.95. The number of amides is 1. The Morgan fingerprint density at radius 2 is 1.66 bits per heavy atom. The maximum atomic E-state index is 13.6. The van der Waals surface area contributed by atoms with Gasteiger partial charge in [0.2, 0.25) is 18.6 Å². The van der Waals surface area contributed by atoms with E-state index in [0.717, 1.165) is 95.2 Å². The number of aromatic amines is 2. The quantitative estimate of drug-likeness (QED) is 0.239. The lowest BCUT2D eigenvalue weighted by Gasteiger charge is -2.51. The van der Waals surface area contributed by atoms with Gasteiger partial charge >= 0.3 is 0 Å². The van der Waals surface area contributed by atoms with Gasteiger partial charge in [0.05, 0.1) is 28.1 Å². The summed E-state index contributed by atoms with van der Waals surface area (Å²) in [5, 5.41) is 3.09. The predicted molar refractivity (Wildman–Crippen MR) is 155 cm³/mol. The number of H-pyrrole nitrogens is 2. The van der Waals surface area contributed by atoms with Crippen molar-refractivity contribution in [3.05, 3.63) is 72.2 Å². The molecule has 1 amide bonds. The van der Waals surface area contributed by atoms with Crippen LogP contribution in [0, 0.1) is 12.3 Å². The summed E-state index contributed by atoms with van der Waals surface area (Å²) in [5.41, 5.74) is 5.81. The Labute approximate surface area is 236 Å². The van der Waals surface area contributed by atoms with Gasteiger partial charge in [-0.15, -0.1) is 0 Å². The molecule has 3 N–H and O–H groups in total. The van der Waals surface area contributed by atoms with Crippen molar-refractivity contribution in [2.45, 2.75) is 50.9 Å². The zero-order chi connectivity index (χ0) is 27.6. The molecule has 0 atom stereocenters. The van der Waals surface area contributed by atoms with Gasteiger partial charge in [0.1, 0.15) is 5.82 Å². The van der Waals surface area contributed by atoms with Gasteiger partial charge in [0.15, 0.2) is 11.5 Å². The van der Waals surface area contributed by atoms with Crippen LogP contribution in [0.2, 0.25) is 0 Å². The summed E-state index contributed by atoms with van der Waals surface area (Å²) in [7, 11) is 0. The number of fused-ring (bicyclic) bond motifs is 5. The third-order valence-corrected chi connectivity index (χ3v) is 9.35. The van der Waals surface area contributed by atoms with E-state index in [0.29, 0.717) is 5.95 Å². The normalized spacial score (nSPS) is 22.8. The van der Waals surface area contributed by atoms with Crippen molar-refractivity contribution < 1.29 is 14.3 Å². The number of aromatic nitrogens is 5. The second-order valence-corrected chi connectivity index (χ2v) is 11.7. The molecule has 0 radical (unpaired) electrons. The monoisotopic (exact) mass is 546 g/mol. The third kappa shape index (κ3) is 3.90. The minimum Gasteiger partial charge on any atom is -0.454 e. The fraction of sp³-hybridized carbons (Fsp3) is 0.312. The van der Waals surface area contributed by atoms with Gasteiger partial charge in [-0.1, -0.05) is 18.2 Å². The molecule has 3 aromatic heterocycles. The summed E-state index contributed by atoms with van der Waals surface area (Å²) in [6, 6.07) is 19.8. The average molecular weight is 547 g/mol. The van der Waals surface area contributed by atoms with E-state index in [1.165, 1.54) is 0 Å². The Kier molecular flexibility index (Phi) is 5.26. The van der Waals surface area contributed by atoms with Crippen LogP contribution in [0.1, 0.15) is 50.0 Å². The Morgan fingerprint density at radius 3 is 2.46 bits per heavy atom. The first kappa shape index (κ1) is 24.2. The van der Waals surface area contributed by atoms with E-state index in [2.05, 4.69) is 20.3 Å². The third-order valence-electron chi connectivity index (χ3n) is 9.35. The number of imidazole rings is 2. The smallest absolute Gasteiger partial charge is 0.232 e. The molecular weight excluding hydrogens is 516 g/mol. The topological polar surface area (TPSA) is 118 Å². The Hall–Kier alpha value is -4.66. The average Bonchev–Trinajstić information content (AvgIpc) is 3.76. The first-order valence-corrected chi connectivity index (χ1v) is 14.2. The lowest BCUT2D eigenvalue weighted by molar-refractivity contribution is -0.132. The number of pyridine rings is 1. The number of carbonyl (C=O) groups excluding carboxylic acids is 1. The van der Waals surface area contributed by atoms with Crippen LogP contribution in [0.15, 0.2) is 60.7 Å². The van der Waals surface area contributed by atoms with Crippen LogP contribution in [0.25, 0.3) is 33.7 Å². The van der Waals surface area contributed by atoms with Crippen molar-refractivity contribution in [1.82, 2.24) is 24.9 Å². The maximum Gasteiger partial charge on any atom is 0.232 e. The van der Waals surface area contributed by atoms with Crippen LogP contribution in [0.3, 0.4) is 0 Å². The van der Waals surface area contributed by atoms with Crippen LogP contribution >= 0.6 is 0 Å². The van der Waals surface area contributed by atoms with Crippen LogP contribution in [0.5, 0.6) is 11.5 Å². The van der Waals surface area contributed by atoms with Crippen LogP contribution < -0.4 is 14.8 Å². The highest BCUT2D eigenvalue weighted by Crippen LogP contribution is 2.58. The zero-order valence-electron chi connectivity index (χ0n) is 22.8. The lowest BCUT2D eigenvalue weighted by Crippen LogP contribution is -2.50. The van der Waals surface area contributed by atoms with E-state index in [4.69, 9.17) is 19.4 Å². The molecule has 1 aliphatic heterocycles. The van der Waals surface area contributed by atoms with Crippen LogP contribution in [-0.4, -0.2) is 37.6 Å². The highest BCUT2D eigenvalue weighted by atomic mass is 16.7. The molecule has 0 saturated heterocycles. The van der Waals surface area contributed by atoms with Gasteiger partial charge in [-0.2, -0.15) is 0 Å². The first-order chi connectivity index (χ1) is 20.0. The summed E-state index contributed by atoms with van der Waals surface area (Å²) >= 11 is 0. The summed E-state index contributed by atoms with van der Waals surface area (Å²) in [4.78, 5) is 35.2. The van der Waals surface area contributed by atoms with E-state index >= 15 is 0 Å². The van der Waals surface area contributed by atoms with E-state index < -0.39 is 0 Å². The van der Waals surface area contributed by atoms with Crippen molar-refractivity contribution in [3.63, 3.8) is 0 Å². The van der Waals surface area contributed by atoms with E-state index in [1.54, 1.807) is 0 Å². The molecule has 41 heavy (non-hydrogen) atoms. The molecule has 9 heteroatoms. The molecule has 5 aromatic rings. The van der Waals surface area contributed by atoms with E-state index in [-0.39, 0.29) is 23.5 Å². The van der Waals surface area contributed by atoms with Crippen molar-refractivity contribution in [1.29, 1.82) is 0 Å². The summed E-state index contributed by atoms with van der Waals surface area (Å²) in [5.74, 6) is 3.03. The van der Waals surface area contributed by atoms with Crippen LogP contribution in [-0.2, 0) is 10.2 Å². The summed E-state index contributed by atoms with van der Waals surface area (Å²) < 4.78 is 11.2. The largest absolute Gasteiger partial charge is 0.454 e. The number of rotatable bonds is 5. The Morgan fingerprint density at radius 1 is 0.854 bits per heavy atom.